The quantitative estimate of drug-likeness (QED) is 0.623. The summed E-state index contributed by atoms with van der Waals surface area (Å²) in [4.78, 5) is 9.06. The molecule has 0 bridgehead atoms. The molecule has 1 aliphatic rings. The molecular formula is C19H33NO2. The van der Waals surface area contributed by atoms with Gasteiger partial charge in [0.15, 0.2) is 0 Å². The van der Waals surface area contributed by atoms with Gasteiger partial charge in [0.1, 0.15) is 5.75 Å². The predicted molar refractivity (Wildman–Crippen MR) is 94.2 cm³/mol. The fourth-order valence-corrected chi connectivity index (χ4v) is 2.50. The summed E-state index contributed by atoms with van der Waals surface area (Å²) in [6.07, 6.45) is 9.94. The topological polar surface area (TPSA) is 49.3 Å². The number of carbonyl (C=O) groups excluding carboxylic acids is 1. The number of carbonyl (C=O) groups is 1. The van der Waals surface area contributed by atoms with E-state index in [2.05, 4.69) is 26.1 Å². The van der Waals surface area contributed by atoms with E-state index in [4.69, 9.17) is 4.79 Å². The molecule has 0 fully saturated rings. The standard InChI is InChI=1S/C10H12O.C7H16.C2H5NO/c1-7-4-8-2-3-10(11)6-9(8)5-7;1-3-5-7-6-4-2;1-3-2-4/h2-3,6-7,11H,4-5H2,1H3;3-7H2,1-2H3;2H,1H3,(H,3,4). The number of fused-ring (bicyclic) bond motifs is 1. The number of benzene rings is 1. The first-order valence-electron chi connectivity index (χ1n) is 8.50. The SMILES string of the molecule is CC1Cc2ccc(O)cc2C1.CCCCCCC.CNC=O. The fraction of sp³-hybridized carbons (Fsp3) is 0.632. The number of hydrogen-bond donors (Lipinski definition) is 2. The molecule has 0 saturated heterocycles. The van der Waals surface area contributed by atoms with Gasteiger partial charge < -0.3 is 10.4 Å². The highest BCUT2D eigenvalue weighted by Crippen LogP contribution is 2.28. The summed E-state index contributed by atoms with van der Waals surface area (Å²) < 4.78 is 0. The molecule has 0 aromatic heterocycles. The van der Waals surface area contributed by atoms with Gasteiger partial charge in [-0.15, -0.1) is 0 Å². The van der Waals surface area contributed by atoms with E-state index in [1.807, 2.05) is 12.1 Å². The molecule has 2 N–H and O–H groups in total. The Labute approximate surface area is 136 Å². The van der Waals surface area contributed by atoms with Crippen LogP contribution in [0.15, 0.2) is 18.2 Å². The minimum Gasteiger partial charge on any atom is -0.508 e. The van der Waals surface area contributed by atoms with Crippen molar-refractivity contribution in [2.75, 3.05) is 7.05 Å². The minimum absolute atomic E-state index is 0.401. The number of rotatable bonds is 5. The average molecular weight is 307 g/mol. The molecule has 0 spiro atoms. The Kier molecular flexibility index (Phi) is 12.3. The van der Waals surface area contributed by atoms with Crippen molar-refractivity contribution >= 4 is 6.41 Å². The van der Waals surface area contributed by atoms with Crippen LogP contribution in [0.1, 0.15) is 64.0 Å². The summed E-state index contributed by atoms with van der Waals surface area (Å²) in [5.41, 5.74) is 2.74. The number of amides is 1. The number of hydrogen-bond acceptors (Lipinski definition) is 2. The predicted octanol–water partition coefficient (Wildman–Crippen LogP) is 4.47. The Hall–Kier alpha value is -1.51. The minimum atomic E-state index is 0.401. The lowest BCUT2D eigenvalue weighted by Gasteiger charge is -1.97. The molecule has 3 heteroatoms. The van der Waals surface area contributed by atoms with Gasteiger partial charge in [-0.3, -0.25) is 4.79 Å². The van der Waals surface area contributed by atoms with E-state index in [-0.39, 0.29) is 0 Å². The lowest BCUT2D eigenvalue weighted by atomic mass is 10.1. The number of unbranched alkanes of at least 4 members (excludes halogenated alkanes) is 4. The van der Waals surface area contributed by atoms with Crippen molar-refractivity contribution in [1.29, 1.82) is 0 Å². The van der Waals surface area contributed by atoms with Crippen LogP contribution >= 0.6 is 0 Å². The molecule has 0 aliphatic heterocycles. The van der Waals surface area contributed by atoms with E-state index in [1.165, 1.54) is 49.7 Å². The van der Waals surface area contributed by atoms with Crippen LogP contribution in [0.2, 0.25) is 0 Å². The molecule has 1 aromatic carbocycles. The van der Waals surface area contributed by atoms with Crippen LogP contribution in [-0.4, -0.2) is 18.6 Å². The van der Waals surface area contributed by atoms with Gasteiger partial charge in [0, 0.05) is 7.05 Å². The second-order valence-electron chi connectivity index (χ2n) is 5.93. The second kappa shape index (κ2) is 13.2. The second-order valence-corrected chi connectivity index (χ2v) is 5.93. The third-order valence-corrected chi connectivity index (χ3v) is 3.65. The molecule has 1 aromatic rings. The zero-order chi connectivity index (χ0) is 16.8. The average Bonchev–Trinajstić information content (AvgIpc) is 2.88. The van der Waals surface area contributed by atoms with E-state index < -0.39 is 0 Å². The molecule has 1 amide bonds. The summed E-state index contributed by atoms with van der Waals surface area (Å²) in [6.45, 7) is 6.74. The maximum absolute atomic E-state index is 9.18. The first-order chi connectivity index (χ1) is 10.6. The number of nitrogens with one attached hydrogen (secondary N) is 1. The molecular weight excluding hydrogens is 274 g/mol. The Bertz CT molecular complexity index is 400. The Morgan fingerprint density at radius 2 is 1.68 bits per heavy atom. The van der Waals surface area contributed by atoms with Gasteiger partial charge in [-0.05, 0) is 42.0 Å². The van der Waals surface area contributed by atoms with Crippen molar-refractivity contribution < 1.29 is 9.90 Å². The maximum Gasteiger partial charge on any atom is 0.206 e. The highest BCUT2D eigenvalue weighted by atomic mass is 16.3. The molecule has 126 valence electrons. The summed E-state index contributed by atoms with van der Waals surface area (Å²) in [6, 6.07) is 5.70. The fourth-order valence-electron chi connectivity index (χ4n) is 2.50. The smallest absolute Gasteiger partial charge is 0.206 e. The first kappa shape index (κ1) is 20.5. The lowest BCUT2D eigenvalue weighted by Crippen LogP contribution is -1.98. The van der Waals surface area contributed by atoms with E-state index >= 15 is 0 Å². The van der Waals surface area contributed by atoms with Gasteiger partial charge in [0.05, 0.1) is 0 Å². The van der Waals surface area contributed by atoms with E-state index in [0.29, 0.717) is 12.2 Å². The molecule has 3 nitrogen and oxygen atoms in total. The maximum atomic E-state index is 9.18. The Balaban J connectivity index is 0.000000348. The zero-order valence-corrected chi connectivity index (χ0v) is 14.7. The van der Waals surface area contributed by atoms with Gasteiger partial charge in [-0.25, -0.2) is 0 Å². The molecule has 0 heterocycles. The van der Waals surface area contributed by atoms with Crippen LogP contribution in [0.3, 0.4) is 0 Å². The van der Waals surface area contributed by atoms with Crippen LogP contribution in [0.5, 0.6) is 5.75 Å². The van der Waals surface area contributed by atoms with E-state index in [1.54, 1.807) is 13.1 Å². The number of aromatic hydroxyl groups is 1. The van der Waals surface area contributed by atoms with Crippen molar-refractivity contribution in [2.45, 2.75) is 65.7 Å². The summed E-state index contributed by atoms with van der Waals surface area (Å²) in [5.74, 6) is 1.16. The lowest BCUT2D eigenvalue weighted by molar-refractivity contribution is -0.109. The third kappa shape index (κ3) is 9.43. The number of phenolic OH excluding ortho intramolecular Hbond substituents is 1. The van der Waals surface area contributed by atoms with Crippen LogP contribution in [-0.2, 0) is 17.6 Å². The molecule has 1 aliphatic carbocycles. The Morgan fingerprint density at radius 1 is 1.14 bits per heavy atom. The molecule has 2 rings (SSSR count). The molecule has 1 atom stereocenters. The van der Waals surface area contributed by atoms with Gasteiger partial charge in [-0.1, -0.05) is 58.9 Å². The molecule has 0 saturated carbocycles. The first-order valence-corrected chi connectivity index (χ1v) is 8.50. The van der Waals surface area contributed by atoms with Crippen LogP contribution in [0.4, 0.5) is 0 Å². The van der Waals surface area contributed by atoms with Crippen LogP contribution in [0.25, 0.3) is 0 Å². The van der Waals surface area contributed by atoms with Gasteiger partial charge in [-0.2, -0.15) is 0 Å². The molecule has 0 radical (unpaired) electrons. The van der Waals surface area contributed by atoms with Crippen molar-refractivity contribution in [3.63, 3.8) is 0 Å². The van der Waals surface area contributed by atoms with Crippen LogP contribution in [0, 0.1) is 5.92 Å². The van der Waals surface area contributed by atoms with Crippen LogP contribution < -0.4 is 5.32 Å². The van der Waals surface area contributed by atoms with Gasteiger partial charge >= 0.3 is 0 Å². The largest absolute Gasteiger partial charge is 0.508 e. The normalized spacial score (nSPS) is 14.8. The third-order valence-electron chi connectivity index (χ3n) is 3.65. The summed E-state index contributed by atoms with van der Waals surface area (Å²) >= 11 is 0. The number of phenols is 1. The van der Waals surface area contributed by atoms with Crippen molar-refractivity contribution in [1.82, 2.24) is 5.32 Å². The van der Waals surface area contributed by atoms with E-state index in [9.17, 15) is 5.11 Å². The highest BCUT2D eigenvalue weighted by Gasteiger charge is 2.17. The van der Waals surface area contributed by atoms with Crippen molar-refractivity contribution in [3.8, 4) is 5.75 Å². The summed E-state index contributed by atoms with van der Waals surface area (Å²) in [7, 11) is 1.56. The van der Waals surface area contributed by atoms with Crippen molar-refractivity contribution in [3.05, 3.63) is 29.3 Å². The zero-order valence-electron chi connectivity index (χ0n) is 14.7. The molecule has 1 unspecified atom stereocenters. The van der Waals surface area contributed by atoms with Gasteiger partial charge in [0.25, 0.3) is 0 Å². The monoisotopic (exact) mass is 307 g/mol. The summed E-state index contributed by atoms with van der Waals surface area (Å²) in [5, 5.41) is 11.4. The highest BCUT2D eigenvalue weighted by molar-refractivity contribution is 5.44. The van der Waals surface area contributed by atoms with E-state index in [0.717, 1.165) is 12.3 Å². The Morgan fingerprint density at radius 3 is 2.18 bits per heavy atom. The van der Waals surface area contributed by atoms with Crippen molar-refractivity contribution in [2.24, 2.45) is 5.92 Å². The molecule has 22 heavy (non-hydrogen) atoms. The van der Waals surface area contributed by atoms with Gasteiger partial charge in [0.2, 0.25) is 6.41 Å².